The molecule has 3 atom stereocenters. The number of hydrogen-bond acceptors (Lipinski definition) is 10. The molecule has 1 aromatic heterocycles. The van der Waals surface area contributed by atoms with Gasteiger partial charge in [-0.25, -0.2) is 9.37 Å². The van der Waals surface area contributed by atoms with E-state index < -0.39 is 41.3 Å². The predicted molar refractivity (Wildman–Crippen MR) is 192 cm³/mol. The molecule has 1 aliphatic rings. The van der Waals surface area contributed by atoms with Gasteiger partial charge in [0.15, 0.2) is 0 Å². The fourth-order valence-corrected chi connectivity index (χ4v) is 6.53. The van der Waals surface area contributed by atoms with E-state index in [1.165, 1.54) is 39.2 Å². The fourth-order valence-electron chi connectivity index (χ4n) is 6.53. The van der Waals surface area contributed by atoms with Crippen molar-refractivity contribution in [3.8, 4) is 0 Å². The Morgan fingerprint density at radius 2 is 1.49 bits per heavy atom. The molecule has 4 aromatic rings. The van der Waals surface area contributed by atoms with Gasteiger partial charge < -0.3 is 24.2 Å². The molecule has 3 aromatic carbocycles. The topological polar surface area (TPSA) is 150 Å². The molecule has 0 spiro atoms. The minimum absolute atomic E-state index is 0.0558. The van der Waals surface area contributed by atoms with E-state index in [1.807, 2.05) is 48.5 Å². The fraction of sp³-hybridized carbons (Fsp3) is 0.400. The number of rotatable bonds is 18. The van der Waals surface area contributed by atoms with E-state index in [0.29, 0.717) is 24.8 Å². The molecular weight excluding hydrogens is 683 g/mol. The largest absolute Gasteiger partial charge is 0.463 e. The Morgan fingerprint density at radius 3 is 2.08 bits per heavy atom. The summed E-state index contributed by atoms with van der Waals surface area (Å²) in [5, 5.41) is 15.2. The number of aromatic nitrogens is 3. The van der Waals surface area contributed by atoms with Crippen LogP contribution >= 0.6 is 0 Å². The number of amides is 1. The van der Waals surface area contributed by atoms with Crippen LogP contribution in [0.3, 0.4) is 0 Å². The van der Waals surface area contributed by atoms with Crippen LogP contribution in [0.2, 0.25) is 0 Å². The maximum atomic E-state index is 13.9. The SMILES string of the molecule is CC(=O)OCC(O)(CCc1ccc([C@@H]2[C@@H](CCC(OC(C)=O)c3ccc(F)cc3)C(=O)N2c2ccc(CCCn3cncn3)cc2)cc1)COC(C)=O. The van der Waals surface area contributed by atoms with Gasteiger partial charge in [-0.05, 0) is 85.0 Å². The Bertz CT molecular complexity index is 1810. The lowest BCUT2D eigenvalue weighted by Gasteiger charge is -2.48. The lowest BCUT2D eigenvalue weighted by molar-refractivity contribution is -0.161. The van der Waals surface area contributed by atoms with Crippen molar-refractivity contribution in [2.75, 3.05) is 18.1 Å². The Kier molecular flexibility index (Phi) is 13.1. The number of nitrogens with zero attached hydrogens (tertiary/aromatic N) is 4. The molecule has 0 radical (unpaired) electrons. The second kappa shape index (κ2) is 17.9. The van der Waals surface area contributed by atoms with Crippen LogP contribution in [-0.4, -0.2) is 62.5 Å². The van der Waals surface area contributed by atoms with Gasteiger partial charge in [0, 0.05) is 33.0 Å². The Balaban J connectivity index is 1.33. The quantitative estimate of drug-likeness (QED) is 0.0776. The molecule has 0 aliphatic carbocycles. The molecular formula is C40H45FN4O8. The van der Waals surface area contributed by atoms with E-state index in [1.54, 1.807) is 28.0 Å². The summed E-state index contributed by atoms with van der Waals surface area (Å²) in [5.41, 5.74) is 2.75. The van der Waals surface area contributed by atoms with Crippen LogP contribution in [0.25, 0.3) is 0 Å². The highest BCUT2D eigenvalue weighted by Gasteiger charge is 2.48. The lowest BCUT2D eigenvalue weighted by Crippen LogP contribution is -2.55. The molecule has 1 N–H and O–H groups in total. The second-order valence-electron chi connectivity index (χ2n) is 13.4. The maximum absolute atomic E-state index is 13.9. The van der Waals surface area contributed by atoms with Gasteiger partial charge in [-0.2, -0.15) is 5.10 Å². The Hall–Kier alpha value is -5.43. The van der Waals surface area contributed by atoms with Crippen LogP contribution in [-0.2, 0) is 52.8 Å². The van der Waals surface area contributed by atoms with Crippen LogP contribution in [0.4, 0.5) is 10.1 Å². The van der Waals surface area contributed by atoms with Crippen molar-refractivity contribution in [2.24, 2.45) is 5.92 Å². The van der Waals surface area contributed by atoms with E-state index in [9.17, 15) is 28.7 Å². The van der Waals surface area contributed by atoms with Crippen LogP contribution in [0, 0.1) is 11.7 Å². The third-order valence-electron chi connectivity index (χ3n) is 9.33. The lowest BCUT2D eigenvalue weighted by atomic mass is 9.78. The van der Waals surface area contributed by atoms with Crippen molar-refractivity contribution in [2.45, 2.75) is 83.6 Å². The summed E-state index contributed by atoms with van der Waals surface area (Å²) in [7, 11) is 0. The second-order valence-corrected chi connectivity index (χ2v) is 13.4. The van der Waals surface area contributed by atoms with E-state index in [0.717, 1.165) is 41.8 Å². The monoisotopic (exact) mass is 728 g/mol. The average molecular weight is 729 g/mol. The van der Waals surface area contributed by atoms with Gasteiger partial charge in [-0.3, -0.25) is 23.9 Å². The van der Waals surface area contributed by atoms with Gasteiger partial charge in [0.25, 0.3) is 0 Å². The van der Waals surface area contributed by atoms with E-state index >= 15 is 0 Å². The van der Waals surface area contributed by atoms with Gasteiger partial charge in [-0.1, -0.05) is 48.5 Å². The highest BCUT2D eigenvalue weighted by atomic mass is 19.1. The number of carbonyl (C=O) groups is 4. The van der Waals surface area contributed by atoms with Crippen LogP contribution in [0.15, 0.2) is 85.5 Å². The van der Waals surface area contributed by atoms with Crippen molar-refractivity contribution in [3.63, 3.8) is 0 Å². The van der Waals surface area contributed by atoms with Gasteiger partial charge in [0.05, 0.1) is 12.0 Å². The Morgan fingerprint density at radius 1 is 0.868 bits per heavy atom. The normalized spacial score (nSPS) is 16.1. The van der Waals surface area contributed by atoms with Crippen molar-refractivity contribution in [1.82, 2.24) is 14.8 Å². The van der Waals surface area contributed by atoms with Gasteiger partial charge >= 0.3 is 17.9 Å². The summed E-state index contributed by atoms with van der Waals surface area (Å²) < 4.78 is 31.2. The molecule has 53 heavy (non-hydrogen) atoms. The molecule has 1 amide bonds. The molecule has 12 nitrogen and oxygen atoms in total. The zero-order valence-corrected chi connectivity index (χ0v) is 30.2. The number of β-lactam (4-membered cyclic amide) rings is 1. The first-order chi connectivity index (χ1) is 25.4. The summed E-state index contributed by atoms with van der Waals surface area (Å²) >= 11 is 0. The molecule has 1 aliphatic heterocycles. The van der Waals surface area contributed by atoms with Crippen molar-refractivity contribution >= 4 is 29.5 Å². The molecule has 1 fully saturated rings. The van der Waals surface area contributed by atoms with E-state index in [4.69, 9.17) is 14.2 Å². The average Bonchev–Trinajstić information content (AvgIpc) is 3.66. The summed E-state index contributed by atoms with van der Waals surface area (Å²) in [6, 6.07) is 21.2. The summed E-state index contributed by atoms with van der Waals surface area (Å²) in [6.45, 7) is 3.91. The number of benzene rings is 3. The molecule has 13 heteroatoms. The van der Waals surface area contributed by atoms with E-state index in [2.05, 4.69) is 10.1 Å². The molecule has 2 heterocycles. The van der Waals surface area contributed by atoms with Crippen molar-refractivity contribution in [1.29, 1.82) is 0 Å². The summed E-state index contributed by atoms with van der Waals surface area (Å²) in [6.07, 6.45) is 5.60. The zero-order valence-electron chi connectivity index (χ0n) is 30.2. The molecule has 0 bridgehead atoms. The third kappa shape index (κ3) is 10.8. The zero-order chi connectivity index (χ0) is 38.0. The summed E-state index contributed by atoms with van der Waals surface area (Å²) in [4.78, 5) is 54.5. The third-order valence-corrected chi connectivity index (χ3v) is 9.33. The first kappa shape index (κ1) is 38.8. The van der Waals surface area contributed by atoms with Crippen molar-refractivity contribution < 1.29 is 42.9 Å². The maximum Gasteiger partial charge on any atom is 0.303 e. The highest BCUT2D eigenvalue weighted by Crippen LogP contribution is 2.46. The molecule has 1 saturated heterocycles. The van der Waals surface area contributed by atoms with Gasteiger partial charge in [-0.15, -0.1) is 0 Å². The van der Waals surface area contributed by atoms with E-state index in [-0.39, 0.29) is 31.6 Å². The van der Waals surface area contributed by atoms with Gasteiger partial charge in [0.2, 0.25) is 5.91 Å². The molecule has 5 rings (SSSR count). The smallest absolute Gasteiger partial charge is 0.303 e. The first-order valence-corrected chi connectivity index (χ1v) is 17.7. The number of aliphatic hydroxyl groups is 1. The molecule has 1 unspecified atom stereocenters. The number of aryl methyl sites for hydroxylation is 3. The highest BCUT2D eigenvalue weighted by molar-refractivity contribution is 6.03. The number of carbonyl (C=O) groups excluding carboxylic acids is 4. The standard InChI is InChI=1S/C40H45FN4O8/c1-27(46)51-23-40(50,24-52-28(2)47)21-20-31-6-10-33(11-7-31)38-36(18-19-37(53-29(3)48)32-12-14-34(41)15-13-32)39(49)45(38)35-16-8-30(9-17-35)5-4-22-44-26-42-25-43-44/h6-17,25-26,36-38,50H,4-5,18-24H2,1-3H3/t36-,37?,38-/m1/s1. The number of halogens is 1. The number of anilines is 1. The minimum Gasteiger partial charge on any atom is -0.463 e. The van der Waals surface area contributed by atoms with Crippen molar-refractivity contribution in [3.05, 3.63) is 114 Å². The number of ether oxygens (including phenoxy) is 3. The summed E-state index contributed by atoms with van der Waals surface area (Å²) in [5.74, 6) is -2.46. The molecule has 0 saturated carbocycles. The Labute approximate surface area is 307 Å². The van der Waals surface area contributed by atoms with Gasteiger partial charge in [0.1, 0.15) is 43.4 Å². The number of esters is 3. The van der Waals surface area contributed by atoms with Crippen LogP contribution < -0.4 is 4.90 Å². The minimum atomic E-state index is -1.57. The first-order valence-electron chi connectivity index (χ1n) is 17.7. The van der Waals surface area contributed by atoms with Crippen LogP contribution in [0.5, 0.6) is 0 Å². The number of hydrogen-bond donors (Lipinski definition) is 1. The molecule has 280 valence electrons. The predicted octanol–water partition coefficient (Wildman–Crippen LogP) is 5.63. The van der Waals surface area contributed by atoms with Crippen LogP contribution in [0.1, 0.15) is 80.9 Å².